The molecule has 1 fully saturated rings. The Morgan fingerprint density at radius 1 is 1.60 bits per heavy atom. The number of ether oxygens (including phenoxy) is 1. The molecular formula is C10H16N4O. The highest BCUT2D eigenvalue weighted by atomic mass is 16.5. The van der Waals surface area contributed by atoms with E-state index in [0.717, 1.165) is 11.7 Å². The minimum absolute atomic E-state index is 0.389. The molecule has 0 saturated heterocycles. The van der Waals surface area contributed by atoms with Crippen molar-refractivity contribution < 1.29 is 4.74 Å². The van der Waals surface area contributed by atoms with Gasteiger partial charge in [-0.25, -0.2) is 9.97 Å². The quantitative estimate of drug-likeness (QED) is 0.773. The Hall–Kier alpha value is -1.36. The van der Waals surface area contributed by atoms with Gasteiger partial charge in [0.05, 0.1) is 0 Å². The van der Waals surface area contributed by atoms with E-state index in [-0.39, 0.29) is 0 Å². The van der Waals surface area contributed by atoms with E-state index in [1.165, 1.54) is 6.42 Å². The molecule has 3 N–H and O–H groups in total. The number of hydrogen-bond acceptors (Lipinski definition) is 5. The first-order valence-corrected chi connectivity index (χ1v) is 5.08. The molecule has 0 aliphatic heterocycles. The van der Waals surface area contributed by atoms with Crippen LogP contribution in [-0.4, -0.2) is 23.1 Å². The molecule has 1 saturated carbocycles. The van der Waals surface area contributed by atoms with Crippen molar-refractivity contribution in [2.24, 2.45) is 5.92 Å². The molecule has 1 heterocycles. The van der Waals surface area contributed by atoms with Gasteiger partial charge in [0.15, 0.2) is 5.82 Å². The highest BCUT2D eigenvalue weighted by Crippen LogP contribution is 2.32. The monoisotopic (exact) mass is 208 g/mol. The van der Waals surface area contributed by atoms with Crippen LogP contribution in [-0.2, 0) is 11.3 Å². The molecule has 0 bridgehead atoms. The van der Waals surface area contributed by atoms with Gasteiger partial charge in [-0.15, -0.1) is 0 Å². The standard InChI is InChI=1S/C10H16N4O/c1-6-3-7(6)12-9-4-8(11)13-10(14-9)5-15-2/h4,6-7H,3,5H2,1-2H3,(H3,11,12,13,14). The smallest absolute Gasteiger partial charge is 0.158 e. The van der Waals surface area contributed by atoms with E-state index in [1.807, 2.05) is 0 Å². The second-order valence-electron chi connectivity index (χ2n) is 3.99. The third kappa shape index (κ3) is 2.56. The maximum atomic E-state index is 5.67. The van der Waals surface area contributed by atoms with Crippen LogP contribution in [0.3, 0.4) is 0 Å². The van der Waals surface area contributed by atoms with E-state index >= 15 is 0 Å². The van der Waals surface area contributed by atoms with Crippen molar-refractivity contribution in [3.05, 3.63) is 11.9 Å². The van der Waals surface area contributed by atoms with E-state index in [0.29, 0.717) is 24.3 Å². The summed E-state index contributed by atoms with van der Waals surface area (Å²) in [6.07, 6.45) is 1.20. The Morgan fingerprint density at radius 2 is 2.33 bits per heavy atom. The van der Waals surface area contributed by atoms with Crippen molar-refractivity contribution in [1.29, 1.82) is 0 Å². The van der Waals surface area contributed by atoms with E-state index < -0.39 is 0 Å². The number of methoxy groups -OCH3 is 1. The zero-order valence-electron chi connectivity index (χ0n) is 9.03. The summed E-state index contributed by atoms with van der Waals surface area (Å²) >= 11 is 0. The third-order valence-electron chi connectivity index (χ3n) is 2.51. The largest absolute Gasteiger partial charge is 0.384 e. The van der Waals surface area contributed by atoms with Crippen molar-refractivity contribution in [3.63, 3.8) is 0 Å². The number of rotatable bonds is 4. The Bertz CT molecular complexity index is 355. The number of nitrogen functional groups attached to an aromatic ring is 1. The fourth-order valence-electron chi connectivity index (χ4n) is 1.50. The SMILES string of the molecule is COCc1nc(N)cc(NC2CC2C)n1. The Balaban J connectivity index is 2.08. The second kappa shape index (κ2) is 4.02. The molecule has 2 atom stereocenters. The summed E-state index contributed by atoms with van der Waals surface area (Å²) < 4.78 is 4.97. The first kappa shape index (κ1) is 10.2. The zero-order valence-corrected chi connectivity index (χ0v) is 9.03. The molecule has 2 unspecified atom stereocenters. The zero-order chi connectivity index (χ0) is 10.8. The third-order valence-corrected chi connectivity index (χ3v) is 2.51. The van der Waals surface area contributed by atoms with Crippen LogP contribution in [0, 0.1) is 5.92 Å². The number of nitrogens with one attached hydrogen (secondary N) is 1. The molecule has 1 aromatic heterocycles. The molecule has 0 aromatic carbocycles. The summed E-state index contributed by atoms with van der Waals surface area (Å²) in [5, 5.41) is 3.32. The van der Waals surface area contributed by atoms with Crippen molar-refractivity contribution in [3.8, 4) is 0 Å². The lowest BCUT2D eigenvalue weighted by Crippen LogP contribution is -2.09. The van der Waals surface area contributed by atoms with Crippen LogP contribution in [0.25, 0.3) is 0 Å². The summed E-state index contributed by atoms with van der Waals surface area (Å²) in [6.45, 7) is 2.60. The summed E-state index contributed by atoms with van der Waals surface area (Å²) in [4.78, 5) is 8.38. The Morgan fingerprint density at radius 3 is 2.93 bits per heavy atom. The summed E-state index contributed by atoms with van der Waals surface area (Å²) in [5.74, 6) is 2.62. The van der Waals surface area contributed by atoms with Crippen molar-refractivity contribution in [2.45, 2.75) is 26.0 Å². The molecule has 1 aliphatic rings. The fraction of sp³-hybridized carbons (Fsp3) is 0.600. The molecule has 1 aromatic rings. The number of nitrogens with two attached hydrogens (primary N) is 1. The lowest BCUT2D eigenvalue weighted by molar-refractivity contribution is 0.178. The minimum atomic E-state index is 0.389. The number of anilines is 2. The molecule has 15 heavy (non-hydrogen) atoms. The minimum Gasteiger partial charge on any atom is -0.384 e. The summed E-state index contributed by atoms with van der Waals surface area (Å²) in [6, 6.07) is 2.29. The fourth-order valence-corrected chi connectivity index (χ4v) is 1.50. The summed E-state index contributed by atoms with van der Waals surface area (Å²) in [5.41, 5.74) is 5.67. The summed E-state index contributed by atoms with van der Waals surface area (Å²) in [7, 11) is 1.61. The molecule has 0 radical (unpaired) electrons. The Kier molecular flexibility index (Phi) is 2.73. The molecule has 0 spiro atoms. The van der Waals surface area contributed by atoms with Crippen molar-refractivity contribution >= 4 is 11.6 Å². The van der Waals surface area contributed by atoms with Gasteiger partial charge < -0.3 is 15.8 Å². The van der Waals surface area contributed by atoms with Crippen LogP contribution in [0.2, 0.25) is 0 Å². The lowest BCUT2D eigenvalue weighted by Gasteiger charge is -2.07. The van der Waals surface area contributed by atoms with Crippen LogP contribution in [0.1, 0.15) is 19.2 Å². The van der Waals surface area contributed by atoms with Crippen LogP contribution >= 0.6 is 0 Å². The number of aromatic nitrogens is 2. The molecule has 5 nitrogen and oxygen atoms in total. The average Bonchev–Trinajstić information content (AvgIpc) is 2.81. The van der Waals surface area contributed by atoms with Gasteiger partial charge in [0.2, 0.25) is 0 Å². The van der Waals surface area contributed by atoms with Crippen molar-refractivity contribution in [1.82, 2.24) is 9.97 Å². The van der Waals surface area contributed by atoms with Gasteiger partial charge in [0.1, 0.15) is 18.2 Å². The van der Waals surface area contributed by atoms with Crippen molar-refractivity contribution in [2.75, 3.05) is 18.2 Å². The van der Waals surface area contributed by atoms with Crippen LogP contribution in [0.5, 0.6) is 0 Å². The van der Waals surface area contributed by atoms with E-state index in [2.05, 4.69) is 22.2 Å². The predicted molar refractivity (Wildman–Crippen MR) is 58.3 cm³/mol. The van der Waals surface area contributed by atoms with E-state index in [1.54, 1.807) is 13.2 Å². The Labute approximate surface area is 89.1 Å². The maximum absolute atomic E-state index is 5.67. The highest BCUT2D eigenvalue weighted by Gasteiger charge is 2.32. The topological polar surface area (TPSA) is 73.1 Å². The molecule has 82 valence electrons. The molecule has 2 rings (SSSR count). The normalized spacial score (nSPS) is 23.9. The molecule has 0 amide bonds. The van der Waals surface area contributed by atoms with Gasteiger partial charge in [-0.2, -0.15) is 0 Å². The first-order valence-electron chi connectivity index (χ1n) is 5.08. The molecule has 1 aliphatic carbocycles. The lowest BCUT2D eigenvalue weighted by atomic mass is 10.4. The number of hydrogen-bond donors (Lipinski definition) is 2. The number of nitrogens with zero attached hydrogens (tertiary/aromatic N) is 2. The van der Waals surface area contributed by atoms with Gasteiger partial charge in [-0.05, 0) is 12.3 Å². The average molecular weight is 208 g/mol. The highest BCUT2D eigenvalue weighted by molar-refractivity contribution is 5.46. The molecular weight excluding hydrogens is 192 g/mol. The van der Waals surface area contributed by atoms with Gasteiger partial charge >= 0.3 is 0 Å². The van der Waals surface area contributed by atoms with E-state index in [4.69, 9.17) is 10.5 Å². The van der Waals surface area contributed by atoms with Gasteiger partial charge in [-0.1, -0.05) is 6.92 Å². The van der Waals surface area contributed by atoms with Gasteiger partial charge in [-0.3, -0.25) is 0 Å². The van der Waals surface area contributed by atoms with Crippen LogP contribution in [0.4, 0.5) is 11.6 Å². The van der Waals surface area contributed by atoms with Gasteiger partial charge in [0, 0.05) is 19.2 Å². The first-order chi connectivity index (χ1) is 7.19. The van der Waals surface area contributed by atoms with Crippen LogP contribution in [0.15, 0.2) is 6.07 Å². The second-order valence-corrected chi connectivity index (χ2v) is 3.99. The predicted octanol–water partition coefficient (Wildman–Crippen LogP) is 1.03. The maximum Gasteiger partial charge on any atom is 0.158 e. The molecule has 5 heteroatoms. The van der Waals surface area contributed by atoms with Crippen LogP contribution < -0.4 is 11.1 Å². The van der Waals surface area contributed by atoms with Gasteiger partial charge in [0.25, 0.3) is 0 Å². The van der Waals surface area contributed by atoms with E-state index in [9.17, 15) is 0 Å².